The van der Waals surface area contributed by atoms with Gasteiger partial charge in [-0.25, -0.2) is 4.98 Å². The molecule has 0 saturated carbocycles. The van der Waals surface area contributed by atoms with E-state index < -0.39 is 0 Å². The van der Waals surface area contributed by atoms with Crippen LogP contribution >= 0.6 is 34.7 Å². The van der Waals surface area contributed by atoms with Crippen molar-refractivity contribution in [3.8, 4) is 11.1 Å². The summed E-state index contributed by atoms with van der Waals surface area (Å²) in [5.41, 5.74) is 4.98. The van der Waals surface area contributed by atoms with Crippen LogP contribution in [0.1, 0.15) is 18.9 Å². The van der Waals surface area contributed by atoms with Crippen molar-refractivity contribution < 1.29 is 9.59 Å². The number of thiophene rings is 1. The largest absolute Gasteiger partial charge is 0.326 e. The highest BCUT2D eigenvalue weighted by atomic mass is 35.5. The van der Waals surface area contributed by atoms with Gasteiger partial charge in [0.15, 0.2) is 10.8 Å². The zero-order valence-electron chi connectivity index (χ0n) is 19.4. The molecule has 8 nitrogen and oxygen atoms in total. The Morgan fingerprint density at radius 2 is 1.89 bits per heavy atom. The van der Waals surface area contributed by atoms with Gasteiger partial charge in [0.25, 0.3) is 0 Å². The van der Waals surface area contributed by atoms with Crippen LogP contribution < -0.4 is 10.6 Å². The summed E-state index contributed by atoms with van der Waals surface area (Å²) in [5.74, 6) is -0.0749. The molecule has 182 valence electrons. The highest BCUT2D eigenvalue weighted by Crippen LogP contribution is 2.36. The number of aryl methyl sites for hydroxylation is 1. The zero-order chi connectivity index (χ0) is 25.2. The number of nitrogens with zero attached hydrogens (tertiary/aromatic N) is 4. The number of carbonyl (C=O) groups excluding carboxylic acids is 2. The Kier molecular flexibility index (Phi) is 6.90. The van der Waals surface area contributed by atoms with Gasteiger partial charge in [-0.2, -0.15) is 0 Å². The number of rotatable bonds is 7. The van der Waals surface area contributed by atoms with Crippen LogP contribution in [0.15, 0.2) is 59.3 Å². The third-order valence-electron chi connectivity index (χ3n) is 5.54. The van der Waals surface area contributed by atoms with Gasteiger partial charge in [0, 0.05) is 33.8 Å². The first-order valence-corrected chi connectivity index (χ1v) is 13.4. The molecular formula is C25H21ClN6O2S2. The molecule has 0 aliphatic rings. The molecule has 0 radical (unpaired) electrons. The van der Waals surface area contributed by atoms with E-state index in [0.29, 0.717) is 27.9 Å². The molecule has 0 atom stereocenters. The normalized spacial score (nSPS) is 11.2. The lowest BCUT2D eigenvalue weighted by Crippen LogP contribution is -2.15. The summed E-state index contributed by atoms with van der Waals surface area (Å²) in [7, 11) is 0. The first-order valence-electron chi connectivity index (χ1n) is 11.1. The second-order valence-corrected chi connectivity index (χ2v) is 10.3. The molecule has 0 saturated heterocycles. The second-order valence-electron chi connectivity index (χ2n) is 8.03. The van der Waals surface area contributed by atoms with Crippen molar-refractivity contribution in [3.63, 3.8) is 0 Å². The third kappa shape index (κ3) is 4.92. The lowest BCUT2D eigenvalue weighted by molar-refractivity contribution is -0.116. The number of carbonyl (C=O) groups is 2. The molecule has 0 spiro atoms. The van der Waals surface area contributed by atoms with Gasteiger partial charge in [-0.3, -0.25) is 14.0 Å². The minimum atomic E-state index is -0.173. The van der Waals surface area contributed by atoms with Gasteiger partial charge in [0.05, 0.1) is 11.1 Å². The number of amides is 2. The van der Waals surface area contributed by atoms with Gasteiger partial charge in [0.2, 0.25) is 11.8 Å². The quantitative estimate of drug-likeness (QED) is 0.246. The number of hydrogen-bond acceptors (Lipinski definition) is 7. The molecule has 0 aliphatic carbocycles. The summed E-state index contributed by atoms with van der Waals surface area (Å²) in [4.78, 5) is 29.7. The number of fused-ring (bicyclic) bond motifs is 3. The van der Waals surface area contributed by atoms with Crippen molar-refractivity contribution in [2.75, 3.05) is 16.4 Å². The minimum Gasteiger partial charge on any atom is -0.326 e. The zero-order valence-corrected chi connectivity index (χ0v) is 21.8. The number of halogens is 1. The summed E-state index contributed by atoms with van der Waals surface area (Å²) in [6, 6.07) is 13.0. The smallest absolute Gasteiger partial charge is 0.234 e. The topological polar surface area (TPSA) is 101 Å². The van der Waals surface area contributed by atoms with Crippen molar-refractivity contribution in [2.45, 2.75) is 25.4 Å². The first-order chi connectivity index (χ1) is 17.4. The van der Waals surface area contributed by atoms with Crippen LogP contribution in [0.4, 0.5) is 11.4 Å². The fourth-order valence-corrected chi connectivity index (χ4v) is 5.45. The molecule has 36 heavy (non-hydrogen) atoms. The van der Waals surface area contributed by atoms with E-state index in [2.05, 4.69) is 31.2 Å². The van der Waals surface area contributed by atoms with Crippen molar-refractivity contribution in [2.24, 2.45) is 0 Å². The summed E-state index contributed by atoms with van der Waals surface area (Å²) < 4.78 is 1.81. The van der Waals surface area contributed by atoms with E-state index >= 15 is 0 Å². The third-order valence-corrected chi connectivity index (χ3v) is 7.62. The van der Waals surface area contributed by atoms with Gasteiger partial charge in [-0.05, 0) is 48.4 Å². The SMILES string of the molecule is CCC(=O)Nc1ccc(NC(=O)CSc2nnc3c4c(-c5ccc(Cl)cc5)csc4ncn23)cc1C. The lowest BCUT2D eigenvalue weighted by Gasteiger charge is -2.10. The van der Waals surface area contributed by atoms with Crippen LogP contribution in [-0.2, 0) is 9.59 Å². The summed E-state index contributed by atoms with van der Waals surface area (Å²) in [6.45, 7) is 3.68. The number of aromatic nitrogens is 4. The van der Waals surface area contributed by atoms with E-state index in [0.717, 1.165) is 32.6 Å². The first kappa shape index (κ1) is 24.2. The van der Waals surface area contributed by atoms with Crippen LogP contribution in [0.3, 0.4) is 0 Å². The molecule has 0 bridgehead atoms. The van der Waals surface area contributed by atoms with Crippen molar-refractivity contribution in [1.82, 2.24) is 19.6 Å². The monoisotopic (exact) mass is 536 g/mol. The summed E-state index contributed by atoms with van der Waals surface area (Å²) in [6.07, 6.45) is 2.09. The average molecular weight is 537 g/mol. The van der Waals surface area contributed by atoms with Crippen molar-refractivity contribution >= 4 is 73.8 Å². The number of thioether (sulfide) groups is 1. The van der Waals surface area contributed by atoms with E-state index in [1.54, 1.807) is 36.7 Å². The Hall–Kier alpha value is -3.47. The van der Waals surface area contributed by atoms with E-state index in [4.69, 9.17) is 11.6 Å². The number of benzene rings is 2. The minimum absolute atomic E-state index is 0.0543. The predicted molar refractivity (Wildman–Crippen MR) is 146 cm³/mol. The molecule has 5 aromatic rings. The van der Waals surface area contributed by atoms with E-state index in [1.165, 1.54) is 11.8 Å². The van der Waals surface area contributed by atoms with Gasteiger partial charge in [-0.1, -0.05) is 42.4 Å². The maximum atomic E-state index is 12.6. The van der Waals surface area contributed by atoms with Gasteiger partial charge >= 0.3 is 0 Å². The highest BCUT2D eigenvalue weighted by Gasteiger charge is 2.17. The van der Waals surface area contributed by atoms with E-state index in [-0.39, 0.29) is 17.6 Å². The van der Waals surface area contributed by atoms with Gasteiger partial charge in [0.1, 0.15) is 11.2 Å². The molecule has 0 aliphatic heterocycles. The maximum absolute atomic E-state index is 12.6. The Labute approximate surface area is 220 Å². The molecule has 0 unspecified atom stereocenters. The Balaban J connectivity index is 1.32. The van der Waals surface area contributed by atoms with Crippen LogP contribution in [0.2, 0.25) is 5.02 Å². The molecule has 3 heterocycles. The molecule has 2 N–H and O–H groups in total. The van der Waals surface area contributed by atoms with Gasteiger partial charge in [-0.15, -0.1) is 21.5 Å². The standard InChI is InChI=1S/C25H21ClN6O2S2/c1-3-20(33)29-19-9-8-17(10-14(19)2)28-21(34)12-36-25-31-30-23-22-18(15-4-6-16(26)7-5-15)11-35-24(22)27-13-32(23)25/h4-11,13H,3,12H2,1-2H3,(H,28,34)(H,29,33). The number of anilines is 2. The molecule has 5 rings (SSSR count). The number of hydrogen-bond donors (Lipinski definition) is 2. The highest BCUT2D eigenvalue weighted by molar-refractivity contribution is 7.99. The van der Waals surface area contributed by atoms with Crippen LogP contribution in [0.5, 0.6) is 0 Å². The van der Waals surface area contributed by atoms with Crippen LogP contribution in [0, 0.1) is 6.92 Å². The van der Waals surface area contributed by atoms with E-state index in [1.807, 2.05) is 41.7 Å². The molecule has 11 heteroatoms. The van der Waals surface area contributed by atoms with Gasteiger partial charge < -0.3 is 10.6 Å². The Morgan fingerprint density at radius 3 is 2.64 bits per heavy atom. The molecule has 2 aromatic carbocycles. The second kappa shape index (κ2) is 10.3. The molecule has 0 fully saturated rings. The fourth-order valence-electron chi connectivity index (χ4n) is 3.71. The number of nitrogens with one attached hydrogen (secondary N) is 2. The molecular weight excluding hydrogens is 516 g/mol. The fraction of sp³-hybridized carbons (Fsp3) is 0.160. The summed E-state index contributed by atoms with van der Waals surface area (Å²) in [5, 5.41) is 18.7. The lowest BCUT2D eigenvalue weighted by atomic mass is 10.1. The Bertz CT molecular complexity index is 1600. The Morgan fingerprint density at radius 1 is 1.08 bits per heavy atom. The molecule has 3 aromatic heterocycles. The average Bonchev–Trinajstić information content (AvgIpc) is 3.49. The maximum Gasteiger partial charge on any atom is 0.234 e. The van der Waals surface area contributed by atoms with Crippen molar-refractivity contribution in [3.05, 3.63) is 64.8 Å². The summed E-state index contributed by atoms with van der Waals surface area (Å²) >= 11 is 8.88. The van der Waals surface area contributed by atoms with E-state index in [9.17, 15) is 9.59 Å². The van der Waals surface area contributed by atoms with Crippen molar-refractivity contribution in [1.29, 1.82) is 0 Å². The van der Waals surface area contributed by atoms with Crippen LogP contribution in [0.25, 0.3) is 27.0 Å². The van der Waals surface area contributed by atoms with Crippen LogP contribution in [-0.4, -0.2) is 37.1 Å². The molecule has 2 amide bonds. The predicted octanol–water partition coefficient (Wildman–Crippen LogP) is 6.05.